The van der Waals surface area contributed by atoms with Crippen molar-refractivity contribution in [3.05, 3.63) is 82.9 Å². The summed E-state index contributed by atoms with van der Waals surface area (Å²) in [4.78, 5) is 33.6. The number of Topliss-reactive ketones (excluding diaryl/α,β-unsaturated/α-hetero) is 1. The van der Waals surface area contributed by atoms with Crippen LogP contribution in [0.25, 0.3) is 0 Å². The van der Waals surface area contributed by atoms with E-state index < -0.39 is 11.9 Å². The van der Waals surface area contributed by atoms with E-state index in [0.717, 1.165) is 17.7 Å². The number of carbonyl (C=O) groups excluding carboxylic acids is 2. The molecule has 2 atom stereocenters. The number of nitrogens with one attached hydrogen (secondary N) is 2. The lowest BCUT2D eigenvalue weighted by molar-refractivity contribution is 0.0596. The van der Waals surface area contributed by atoms with Crippen molar-refractivity contribution in [2.75, 3.05) is 12.4 Å². The standard InChI is InChI=1S/C22H21N3O3/c1-3-14-12-23-21(24-14)18-19(13-8-5-4-6-9-13)25-16-11-7-10-15(22(27)28-2)17(16)20(18)26/h4-12,18-19,25H,3H2,1-2H3,(H,23,24). The summed E-state index contributed by atoms with van der Waals surface area (Å²) in [6.07, 6.45) is 2.55. The van der Waals surface area contributed by atoms with Gasteiger partial charge in [-0.15, -0.1) is 0 Å². The predicted molar refractivity (Wildman–Crippen MR) is 106 cm³/mol. The number of carbonyl (C=O) groups is 2. The van der Waals surface area contributed by atoms with E-state index in [2.05, 4.69) is 15.3 Å². The number of ether oxygens (including phenoxy) is 1. The van der Waals surface area contributed by atoms with Crippen molar-refractivity contribution < 1.29 is 14.3 Å². The Morgan fingerprint density at radius 2 is 1.93 bits per heavy atom. The lowest BCUT2D eigenvalue weighted by Gasteiger charge is -2.33. The lowest BCUT2D eigenvalue weighted by Crippen LogP contribution is -2.34. The smallest absolute Gasteiger partial charge is 0.338 e. The number of benzene rings is 2. The van der Waals surface area contributed by atoms with E-state index in [-0.39, 0.29) is 17.4 Å². The average Bonchev–Trinajstić information content (AvgIpc) is 3.22. The molecule has 0 bridgehead atoms. The minimum Gasteiger partial charge on any atom is -0.465 e. The summed E-state index contributed by atoms with van der Waals surface area (Å²) in [5.41, 5.74) is 3.17. The van der Waals surface area contributed by atoms with Gasteiger partial charge in [-0.3, -0.25) is 4.79 Å². The monoisotopic (exact) mass is 375 g/mol. The highest BCUT2D eigenvalue weighted by Crippen LogP contribution is 2.42. The number of nitrogens with zero attached hydrogens (tertiary/aromatic N) is 1. The highest BCUT2D eigenvalue weighted by atomic mass is 16.5. The predicted octanol–water partition coefficient (Wildman–Crippen LogP) is 3.89. The maximum atomic E-state index is 13.6. The molecule has 6 heteroatoms. The van der Waals surface area contributed by atoms with E-state index in [4.69, 9.17) is 4.74 Å². The van der Waals surface area contributed by atoms with Gasteiger partial charge in [0, 0.05) is 17.6 Å². The molecule has 2 N–H and O–H groups in total. The zero-order valence-electron chi connectivity index (χ0n) is 15.7. The number of aromatic nitrogens is 2. The first-order chi connectivity index (χ1) is 13.6. The molecule has 0 aliphatic carbocycles. The number of H-pyrrole nitrogens is 1. The molecule has 1 aromatic heterocycles. The molecule has 0 saturated heterocycles. The first-order valence-corrected chi connectivity index (χ1v) is 9.24. The van der Waals surface area contributed by atoms with Crippen LogP contribution in [0.5, 0.6) is 0 Å². The number of imidazole rings is 1. The zero-order valence-corrected chi connectivity index (χ0v) is 15.7. The van der Waals surface area contributed by atoms with Crippen LogP contribution in [-0.2, 0) is 11.2 Å². The summed E-state index contributed by atoms with van der Waals surface area (Å²) in [6.45, 7) is 2.03. The van der Waals surface area contributed by atoms with Gasteiger partial charge in [0.1, 0.15) is 11.7 Å². The number of aryl methyl sites for hydroxylation is 1. The van der Waals surface area contributed by atoms with Crippen molar-refractivity contribution >= 4 is 17.4 Å². The Hall–Kier alpha value is -3.41. The van der Waals surface area contributed by atoms with Crippen molar-refractivity contribution in [3.8, 4) is 0 Å². The molecular weight excluding hydrogens is 354 g/mol. The largest absolute Gasteiger partial charge is 0.465 e. The molecule has 28 heavy (non-hydrogen) atoms. The fourth-order valence-electron chi connectivity index (χ4n) is 3.71. The van der Waals surface area contributed by atoms with Crippen LogP contribution in [0, 0.1) is 0 Å². The molecular formula is C22H21N3O3. The summed E-state index contributed by atoms with van der Waals surface area (Å²) in [7, 11) is 1.31. The quantitative estimate of drug-likeness (QED) is 0.676. The summed E-state index contributed by atoms with van der Waals surface area (Å²) in [6, 6.07) is 14.7. The van der Waals surface area contributed by atoms with E-state index in [1.54, 1.807) is 18.3 Å². The maximum absolute atomic E-state index is 13.6. The molecule has 1 aliphatic rings. The normalized spacial score (nSPS) is 18.3. The Labute approximate surface area is 163 Å². The van der Waals surface area contributed by atoms with Gasteiger partial charge in [-0.1, -0.05) is 43.3 Å². The first kappa shape index (κ1) is 18.0. The van der Waals surface area contributed by atoms with Crippen LogP contribution in [-0.4, -0.2) is 28.8 Å². The Bertz CT molecular complexity index is 1030. The lowest BCUT2D eigenvalue weighted by atomic mass is 9.80. The second-order valence-corrected chi connectivity index (χ2v) is 6.74. The van der Waals surface area contributed by atoms with E-state index in [9.17, 15) is 9.59 Å². The number of rotatable bonds is 4. The van der Waals surface area contributed by atoms with Crippen LogP contribution < -0.4 is 5.32 Å². The Balaban J connectivity index is 1.88. The van der Waals surface area contributed by atoms with Crippen molar-refractivity contribution in [3.63, 3.8) is 0 Å². The summed E-state index contributed by atoms with van der Waals surface area (Å²) in [5, 5.41) is 3.45. The number of esters is 1. The Morgan fingerprint density at radius 1 is 1.14 bits per heavy atom. The molecule has 0 amide bonds. The SMILES string of the molecule is CCc1cnc(C2C(=O)c3c(cccc3C(=O)OC)NC2c2ccccc2)[nH]1. The van der Waals surface area contributed by atoms with Crippen LogP contribution in [0.1, 0.15) is 56.7 Å². The fraction of sp³-hybridized carbons (Fsp3) is 0.227. The van der Waals surface area contributed by atoms with Crippen molar-refractivity contribution in [1.29, 1.82) is 0 Å². The number of fused-ring (bicyclic) bond motifs is 1. The minimum absolute atomic E-state index is 0.152. The second kappa shape index (κ2) is 7.31. The van der Waals surface area contributed by atoms with Gasteiger partial charge in [-0.05, 0) is 24.1 Å². The van der Waals surface area contributed by atoms with Crippen LogP contribution in [0.3, 0.4) is 0 Å². The summed E-state index contributed by atoms with van der Waals surface area (Å²) < 4.78 is 4.88. The number of hydrogen-bond acceptors (Lipinski definition) is 5. The van der Waals surface area contributed by atoms with Crippen molar-refractivity contribution in [1.82, 2.24) is 9.97 Å². The van der Waals surface area contributed by atoms with Crippen LogP contribution >= 0.6 is 0 Å². The molecule has 0 radical (unpaired) electrons. The topological polar surface area (TPSA) is 84.1 Å². The van der Waals surface area contributed by atoms with Gasteiger partial charge < -0.3 is 15.0 Å². The molecule has 2 aromatic carbocycles. The van der Waals surface area contributed by atoms with E-state index in [1.165, 1.54) is 7.11 Å². The maximum Gasteiger partial charge on any atom is 0.338 e. The van der Waals surface area contributed by atoms with E-state index in [1.807, 2.05) is 43.3 Å². The molecule has 0 spiro atoms. The molecule has 0 saturated carbocycles. The van der Waals surface area contributed by atoms with E-state index in [0.29, 0.717) is 17.1 Å². The Kier molecular flexibility index (Phi) is 4.69. The number of anilines is 1. The van der Waals surface area contributed by atoms with Gasteiger partial charge in [0.25, 0.3) is 0 Å². The third-order valence-electron chi connectivity index (χ3n) is 5.13. The van der Waals surface area contributed by atoms with Crippen LogP contribution in [0.4, 0.5) is 5.69 Å². The number of aromatic amines is 1. The summed E-state index contributed by atoms with van der Waals surface area (Å²) in [5.74, 6) is -0.673. The average molecular weight is 375 g/mol. The van der Waals surface area contributed by atoms with Gasteiger partial charge in [-0.25, -0.2) is 9.78 Å². The second-order valence-electron chi connectivity index (χ2n) is 6.74. The van der Waals surface area contributed by atoms with Crippen molar-refractivity contribution in [2.45, 2.75) is 25.3 Å². The van der Waals surface area contributed by atoms with Gasteiger partial charge >= 0.3 is 5.97 Å². The molecule has 142 valence electrons. The van der Waals surface area contributed by atoms with Gasteiger partial charge in [-0.2, -0.15) is 0 Å². The summed E-state index contributed by atoms with van der Waals surface area (Å²) >= 11 is 0. The minimum atomic E-state index is -0.582. The van der Waals surface area contributed by atoms with Crippen LogP contribution in [0.2, 0.25) is 0 Å². The molecule has 0 fully saturated rings. The number of ketones is 1. The number of hydrogen-bond donors (Lipinski definition) is 2. The molecule has 2 unspecified atom stereocenters. The number of methoxy groups -OCH3 is 1. The highest BCUT2D eigenvalue weighted by molar-refractivity contribution is 6.14. The van der Waals surface area contributed by atoms with Crippen LogP contribution in [0.15, 0.2) is 54.7 Å². The zero-order chi connectivity index (χ0) is 19.7. The molecule has 6 nitrogen and oxygen atoms in total. The van der Waals surface area contributed by atoms with Gasteiger partial charge in [0.05, 0.1) is 24.3 Å². The van der Waals surface area contributed by atoms with Gasteiger partial charge in [0.2, 0.25) is 0 Å². The first-order valence-electron chi connectivity index (χ1n) is 9.24. The van der Waals surface area contributed by atoms with Crippen molar-refractivity contribution in [2.24, 2.45) is 0 Å². The Morgan fingerprint density at radius 3 is 2.61 bits per heavy atom. The third-order valence-corrected chi connectivity index (χ3v) is 5.13. The van der Waals surface area contributed by atoms with Gasteiger partial charge in [0.15, 0.2) is 5.78 Å². The molecule has 2 heterocycles. The molecule has 3 aromatic rings. The third kappa shape index (κ3) is 2.97. The highest BCUT2D eigenvalue weighted by Gasteiger charge is 2.41. The fourth-order valence-corrected chi connectivity index (χ4v) is 3.71. The molecule has 4 rings (SSSR count). The molecule has 1 aliphatic heterocycles. The van der Waals surface area contributed by atoms with E-state index >= 15 is 0 Å².